The first-order chi connectivity index (χ1) is 13.0. The molecule has 0 bridgehead atoms. The third kappa shape index (κ3) is 2.66. The van der Waals surface area contributed by atoms with Gasteiger partial charge >= 0.3 is 5.97 Å². The summed E-state index contributed by atoms with van der Waals surface area (Å²) in [4.78, 5) is 27.7. The first kappa shape index (κ1) is 16.8. The third-order valence-corrected chi connectivity index (χ3v) is 6.47. The molecule has 5 rings (SSSR count). The molecule has 2 aromatic carbocycles. The molecule has 0 radical (unpaired) electrons. The topological polar surface area (TPSA) is 46.6 Å². The Labute approximate surface area is 163 Å². The van der Waals surface area contributed by atoms with E-state index in [-0.39, 0.29) is 11.9 Å². The van der Waals surface area contributed by atoms with Crippen LogP contribution in [0, 0.1) is 0 Å². The number of hydrogen-bond donors (Lipinski definition) is 0. The number of ether oxygens (including phenoxy) is 1. The van der Waals surface area contributed by atoms with Crippen LogP contribution < -0.4 is 0 Å². The second-order valence-electron chi connectivity index (χ2n) is 7.97. The maximum atomic E-state index is 13.3. The average molecular weight is 382 g/mol. The van der Waals surface area contributed by atoms with Crippen molar-refractivity contribution < 1.29 is 14.3 Å². The van der Waals surface area contributed by atoms with Crippen LogP contribution in [0.4, 0.5) is 0 Å². The Kier molecular flexibility index (Phi) is 3.63. The third-order valence-electron chi connectivity index (χ3n) is 6.22. The highest BCUT2D eigenvalue weighted by molar-refractivity contribution is 6.30. The van der Waals surface area contributed by atoms with E-state index >= 15 is 0 Å². The van der Waals surface area contributed by atoms with Crippen molar-refractivity contribution >= 4 is 23.5 Å². The van der Waals surface area contributed by atoms with Crippen LogP contribution in [0.15, 0.2) is 48.5 Å². The highest BCUT2D eigenvalue weighted by atomic mass is 35.5. The maximum Gasteiger partial charge on any atom is 0.339 e. The summed E-state index contributed by atoms with van der Waals surface area (Å²) in [5.41, 5.74) is 1.68. The summed E-state index contributed by atoms with van der Waals surface area (Å²) < 4.78 is 5.85. The molecule has 1 unspecified atom stereocenters. The summed E-state index contributed by atoms with van der Waals surface area (Å²) in [6, 6.07) is 15.2. The Hall–Kier alpha value is -2.33. The van der Waals surface area contributed by atoms with Crippen LogP contribution in [0.1, 0.15) is 40.7 Å². The Balaban J connectivity index is 1.38. The molecule has 3 aliphatic rings. The van der Waals surface area contributed by atoms with Crippen LogP contribution in [0.25, 0.3) is 0 Å². The fourth-order valence-electron chi connectivity index (χ4n) is 4.58. The number of rotatable bonds is 2. The predicted octanol–water partition coefficient (Wildman–Crippen LogP) is 3.76. The van der Waals surface area contributed by atoms with E-state index in [0.717, 1.165) is 24.0 Å². The standard InChI is InChI=1S/C22H20ClNO3/c23-17-7-5-16(6-8-17)22(9-10-22)20(26)24-12-11-21(14-24)13-15-3-1-2-4-18(15)19(25)27-21/h1-8H,9-14H2. The largest absolute Gasteiger partial charge is 0.453 e. The zero-order valence-corrected chi connectivity index (χ0v) is 15.7. The SMILES string of the molecule is O=C1OC2(CCN(C(=O)C3(c4ccc(Cl)cc4)CC3)C2)Cc2ccccc21. The number of carbonyl (C=O) groups excluding carboxylic acids is 2. The van der Waals surface area contributed by atoms with Gasteiger partial charge in [0.1, 0.15) is 5.60 Å². The minimum atomic E-state index is -0.586. The average Bonchev–Trinajstić information content (AvgIpc) is 3.38. The quantitative estimate of drug-likeness (QED) is 0.744. The number of benzene rings is 2. The molecule has 1 atom stereocenters. The number of halogens is 1. The summed E-state index contributed by atoms with van der Waals surface area (Å²) in [6.45, 7) is 1.10. The van der Waals surface area contributed by atoms with Crippen molar-refractivity contribution in [2.45, 2.75) is 36.7 Å². The minimum Gasteiger partial charge on any atom is -0.453 e. The molecule has 0 aromatic heterocycles. The highest BCUT2D eigenvalue weighted by Gasteiger charge is 2.56. The lowest BCUT2D eigenvalue weighted by Gasteiger charge is -2.34. The molecule has 27 heavy (non-hydrogen) atoms. The zero-order valence-electron chi connectivity index (χ0n) is 14.9. The van der Waals surface area contributed by atoms with E-state index in [1.807, 2.05) is 53.4 Å². The van der Waals surface area contributed by atoms with Crippen molar-refractivity contribution in [1.82, 2.24) is 4.90 Å². The first-order valence-corrected chi connectivity index (χ1v) is 9.76. The second-order valence-corrected chi connectivity index (χ2v) is 8.41. The van der Waals surface area contributed by atoms with Gasteiger partial charge < -0.3 is 9.64 Å². The lowest BCUT2D eigenvalue weighted by atomic mass is 9.88. The highest BCUT2D eigenvalue weighted by Crippen LogP contribution is 2.51. The van der Waals surface area contributed by atoms with E-state index in [0.29, 0.717) is 36.5 Å². The lowest BCUT2D eigenvalue weighted by molar-refractivity contribution is -0.134. The van der Waals surface area contributed by atoms with Gasteiger partial charge in [-0.1, -0.05) is 41.9 Å². The van der Waals surface area contributed by atoms with Gasteiger partial charge in [-0.3, -0.25) is 4.79 Å². The van der Waals surface area contributed by atoms with Crippen molar-refractivity contribution in [1.29, 1.82) is 0 Å². The van der Waals surface area contributed by atoms with Gasteiger partial charge in [0.05, 0.1) is 17.5 Å². The Morgan fingerprint density at radius 1 is 1.04 bits per heavy atom. The molecular weight excluding hydrogens is 362 g/mol. The lowest BCUT2D eigenvalue weighted by Crippen LogP contribution is -2.46. The van der Waals surface area contributed by atoms with E-state index in [4.69, 9.17) is 16.3 Å². The van der Waals surface area contributed by atoms with Crippen molar-refractivity contribution in [2.75, 3.05) is 13.1 Å². The van der Waals surface area contributed by atoms with Gasteiger partial charge in [-0.05, 0) is 42.2 Å². The van der Waals surface area contributed by atoms with Gasteiger partial charge in [-0.2, -0.15) is 0 Å². The second kappa shape index (κ2) is 5.83. The Morgan fingerprint density at radius 3 is 2.52 bits per heavy atom. The van der Waals surface area contributed by atoms with E-state index in [9.17, 15) is 9.59 Å². The molecular formula is C22H20ClNO3. The molecule has 1 amide bonds. The fraction of sp³-hybridized carbons (Fsp3) is 0.364. The van der Waals surface area contributed by atoms with Crippen molar-refractivity contribution in [3.63, 3.8) is 0 Å². The number of nitrogens with zero attached hydrogens (tertiary/aromatic N) is 1. The summed E-state index contributed by atoms with van der Waals surface area (Å²) in [7, 11) is 0. The van der Waals surface area contributed by atoms with Crippen LogP contribution >= 0.6 is 11.6 Å². The summed E-state index contributed by atoms with van der Waals surface area (Å²) >= 11 is 6.00. The van der Waals surface area contributed by atoms with Crippen molar-refractivity contribution in [3.05, 3.63) is 70.2 Å². The summed E-state index contributed by atoms with van der Waals surface area (Å²) in [6.07, 6.45) is 3.08. The molecule has 1 saturated heterocycles. The molecule has 4 nitrogen and oxygen atoms in total. The van der Waals surface area contributed by atoms with Crippen LogP contribution in [0.2, 0.25) is 5.02 Å². The number of likely N-dealkylation sites (tertiary alicyclic amines) is 1. The summed E-state index contributed by atoms with van der Waals surface area (Å²) in [5, 5.41) is 0.676. The van der Waals surface area contributed by atoms with Gasteiger partial charge in [0, 0.05) is 24.4 Å². The first-order valence-electron chi connectivity index (χ1n) is 9.38. The van der Waals surface area contributed by atoms with Crippen molar-refractivity contribution in [3.8, 4) is 0 Å². The maximum absolute atomic E-state index is 13.3. The normalized spacial score (nSPS) is 25.2. The van der Waals surface area contributed by atoms with Gasteiger partial charge in [-0.15, -0.1) is 0 Å². The molecule has 1 spiro atoms. The number of amides is 1. The van der Waals surface area contributed by atoms with Gasteiger partial charge in [-0.25, -0.2) is 4.79 Å². The molecule has 2 aliphatic heterocycles. The van der Waals surface area contributed by atoms with Crippen LogP contribution in [0.5, 0.6) is 0 Å². The number of carbonyl (C=O) groups is 2. The van der Waals surface area contributed by atoms with Gasteiger partial charge in [0.2, 0.25) is 5.91 Å². The number of fused-ring (bicyclic) bond motifs is 1. The summed E-state index contributed by atoms with van der Waals surface area (Å²) in [5.74, 6) is -0.124. The Bertz CT molecular complexity index is 935. The fourth-order valence-corrected chi connectivity index (χ4v) is 4.70. The Morgan fingerprint density at radius 2 is 1.78 bits per heavy atom. The van der Waals surface area contributed by atoms with Crippen LogP contribution in [-0.2, 0) is 21.4 Å². The molecule has 2 aromatic rings. The molecule has 138 valence electrons. The monoisotopic (exact) mass is 381 g/mol. The molecule has 0 N–H and O–H groups in total. The van der Waals surface area contributed by atoms with Crippen LogP contribution in [-0.4, -0.2) is 35.5 Å². The van der Waals surface area contributed by atoms with Crippen LogP contribution in [0.3, 0.4) is 0 Å². The molecule has 5 heteroatoms. The van der Waals surface area contributed by atoms with E-state index < -0.39 is 11.0 Å². The predicted molar refractivity (Wildman–Crippen MR) is 102 cm³/mol. The molecule has 1 saturated carbocycles. The number of hydrogen-bond acceptors (Lipinski definition) is 3. The van der Waals surface area contributed by atoms with Gasteiger partial charge in [0.15, 0.2) is 0 Å². The van der Waals surface area contributed by atoms with Gasteiger partial charge in [0.25, 0.3) is 0 Å². The molecule has 1 aliphatic carbocycles. The van der Waals surface area contributed by atoms with Crippen molar-refractivity contribution in [2.24, 2.45) is 0 Å². The van der Waals surface area contributed by atoms with E-state index in [1.165, 1.54) is 0 Å². The minimum absolute atomic E-state index is 0.150. The van der Waals surface area contributed by atoms with E-state index in [1.54, 1.807) is 0 Å². The number of esters is 1. The molecule has 2 fully saturated rings. The van der Waals surface area contributed by atoms with E-state index in [2.05, 4.69) is 0 Å². The zero-order chi connectivity index (χ0) is 18.6. The smallest absolute Gasteiger partial charge is 0.339 e. The molecule has 2 heterocycles.